The molecular formula is C13H13ClN2S2. The minimum atomic E-state index is 0.645. The third-order valence-electron chi connectivity index (χ3n) is 2.71. The van der Waals surface area contributed by atoms with E-state index >= 15 is 0 Å². The van der Waals surface area contributed by atoms with Crippen molar-refractivity contribution in [1.29, 1.82) is 0 Å². The van der Waals surface area contributed by atoms with E-state index in [9.17, 15) is 0 Å². The Hall–Kier alpha value is -0.550. The van der Waals surface area contributed by atoms with E-state index in [-0.39, 0.29) is 0 Å². The van der Waals surface area contributed by atoms with Crippen molar-refractivity contribution in [1.82, 2.24) is 10.3 Å². The second-order valence-corrected chi connectivity index (χ2v) is 7.03. The van der Waals surface area contributed by atoms with Crippen molar-refractivity contribution in [2.45, 2.75) is 34.7 Å². The van der Waals surface area contributed by atoms with Gasteiger partial charge in [-0.05, 0) is 25.0 Å². The zero-order valence-corrected chi connectivity index (χ0v) is 12.1. The number of rotatable bonds is 5. The minimum Gasteiger partial charge on any atom is -0.309 e. The van der Waals surface area contributed by atoms with Crippen LogP contribution >= 0.6 is 34.7 Å². The average molecular weight is 297 g/mol. The molecule has 0 unspecified atom stereocenters. The highest BCUT2D eigenvalue weighted by Crippen LogP contribution is 2.35. The predicted octanol–water partition coefficient (Wildman–Crippen LogP) is 4.20. The third-order valence-corrected chi connectivity index (χ3v) is 5.26. The van der Waals surface area contributed by atoms with Gasteiger partial charge in [-0.3, -0.25) is 0 Å². The summed E-state index contributed by atoms with van der Waals surface area (Å²) in [4.78, 5) is 6.75. The summed E-state index contributed by atoms with van der Waals surface area (Å²) in [5.41, 5.74) is 0. The molecule has 2 nitrogen and oxygen atoms in total. The molecule has 0 atom stereocenters. The van der Waals surface area contributed by atoms with Crippen LogP contribution in [0.4, 0.5) is 0 Å². The molecular weight excluding hydrogens is 284 g/mol. The van der Waals surface area contributed by atoms with E-state index in [2.05, 4.69) is 22.4 Å². The van der Waals surface area contributed by atoms with Crippen molar-refractivity contribution in [3.63, 3.8) is 0 Å². The molecule has 0 spiro atoms. The van der Waals surface area contributed by atoms with Gasteiger partial charge in [0.2, 0.25) is 0 Å². The van der Waals surface area contributed by atoms with Crippen molar-refractivity contribution in [3.8, 4) is 0 Å². The quantitative estimate of drug-likeness (QED) is 0.895. The van der Waals surface area contributed by atoms with Gasteiger partial charge in [0.25, 0.3) is 0 Å². The number of halogens is 1. The highest BCUT2D eigenvalue weighted by molar-refractivity contribution is 8.01. The molecule has 1 aromatic heterocycles. The normalized spacial score (nSPS) is 14.9. The Bertz CT molecular complexity index is 523. The largest absolute Gasteiger partial charge is 0.309 e. The Morgan fingerprint density at radius 3 is 2.83 bits per heavy atom. The second kappa shape index (κ2) is 5.61. The molecule has 1 aliphatic carbocycles. The molecule has 3 rings (SSSR count). The summed E-state index contributed by atoms with van der Waals surface area (Å²) in [5, 5.41) is 4.11. The maximum atomic E-state index is 6.16. The van der Waals surface area contributed by atoms with Crippen molar-refractivity contribution in [2.75, 3.05) is 0 Å². The molecule has 1 saturated carbocycles. The van der Waals surface area contributed by atoms with E-state index < -0.39 is 0 Å². The Morgan fingerprint density at radius 1 is 1.33 bits per heavy atom. The molecule has 0 amide bonds. The molecule has 1 heterocycles. The van der Waals surface area contributed by atoms with Gasteiger partial charge >= 0.3 is 0 Å². The van der Waals surface area contributed by atoms with Gasteiger partial charge in [-0.1, -0.05) is 41.6 Å². The first-order chi connectivity index (χ1) is 8.81. The highest BCUT2D eigenvalue weighted by atomic mass is 35.5. The average Bonchev–Trinajstić information content (AvgIpc) is 3.14. The number of hydrogen-bond donors (Lipinski definition) is 1. The van der Waals surface area contributed by atoms with Crippen LogP contribution in [0.3, 0.4) is 0 Å². The lowest BCUT2D eigenvalue weighted by molar-refractivity contribution is 0.694. The van der Waals surface area contributed by atoms with Crippen LogP contribution in [0, 0.1) is 0 Å². The van der Waals surface area contributed by atoms with E-state index in [1.165, 1.54) is 17.7 Å². The van der Waals surface area contributed by atoms with Crippen LogP contribution in [0.1, 0.15) is 17.7 Å². The first-order valence-corrected chi connectivity index (χ1v) is 7.94. The maximum Gasteiger partial charge on any atom is 0.156 e. The van der Waals surface area contributed by atoms with Gasteiger partial charge in [0.15, 0.2) is 4.34 Å². The molecule has 1 aliphatic rings. The van der Waals surface area contributed by atoms with Crippen LogP contribution in [-0.4, -0.2) is 11.0 Å². The topological polar surface area (TPSA) is 24.9 Å². The van der Waals surface area contributed by atoms with Gasteiger partial charge in [-0.15, -0.1) is 11.3 Å². The van der Waals surface area contributed by atoms with Crippen LogP contribution in [0.25, 0.3) is 0 Å². The molecule has 5 heteroatoms. The van der Waals surface area contributed by atoms with Crippen molar-refractivity contribution in [3.05, 3.63) is 40.4 Å². The minimum absolute atomic E-state index is 0.645. The highest BCUT2D eigenvalue weighted by Gasteiger charge is 2.21. The third kappa shape index (κ3) is 3.26. The Balaban J connectivity index is 1.67. The van der Waals surface area contributed by atoms with Gasteiger partial charge in [0.05, 0.1) is 4.88 Å². The number of hydrogen-bond acceptors (Lipinski definition) is 4. The summed E-state index contributed by atoms with van der Waals surface area (Å²) in [6, 6.07) is 11.0. The molecule has 2 aromatic rings. The summed E-state index contributed by atoms with van der Waals surface area (Å²) in [6.07, 6.45) is 2.59. The second-order valence-electron chi connectivity index (χ2n) is 4.26. The van der Waals surface area contributed by atoms with E-state index in [4.69, 9.17) is 11.6 Å². The Kier molecular flexibility index (Phi) is 3.89. The van der Waals surface area contributed by atoms with Crippen molar-refractivity contribution >= 4 is 34.7 Å². The van der Waals surface area contributed by atoms with E-state index in [0.717, 1.165) is 15.8 Å². The molecule has 18 heavy (non-hydrogen) atoms. The van der Waals surface area contributed by atoms with Gasteiger partial charge in [0.1, 0.15) is 5.15 Å². The molecule has 1 N–H and O–H groups in total. The molecule has 94 valence electrons. The number of nitrogens with one attached hydrogen (secondary N) is 1. The van der Waals surface area contributed by atoms with Crippen LogP contribution < -0.4 is 5.32 Å². The first kappa shape index (κ1) is 12.5. The van der Waals surface area contributed by atoms with E-state index in [0.29, 0.717) is 11.2 Å². The SMILES string of the molecule is Clc1nc(Sc2ccccc2)sc1CNC1CC1. The summed E-state index contributed by atoms with van der Waals surface area (Å²) in [7, 11) is 0. The first-order valence-electron chi connectivity index (χ1n) is 5.93. The lowest BCUT2D eigenvalue weighted by Gasteiger charge is -1.98. The van der Waals surface area contributed by atoms with Crippen LogP contribution in [-0.2, 0) is 6.54 Å². The molecule has 0 saturated heterocycles. The summed E-state index contributed by atoms with van der Waals surface area (Å²) in [6.45, 7) is 0.844. The van der Waals surface area contributed by atoms with Crippen LogP contribution in [0.5, 0.6) is 0 Å². The fourth-order valence-corrected chi connectivity index (χ4v) is 3.97. The van der Waals surface area contributed by atoms with E-state index in [1.807, 2.05) is 18.2 Å². The predicted molar refractivity (Wildman–Crippen MR) is 77.6 cm³/mol. The maximum absolute atomic E-state index is 6.16. The standard InChI is InChI=1S/C13H13ClN2S2/c14-12-11(8-15-9-6-7-9)18-13(16-12)17-10-4-2-1-3-5-10/h1-5,9,15H,6-8H2. The number of benzene rings is 1. The monoisotopic (exact) mass is 296 g/mol. The molecule has 0 aliphatic heterocycles. The lowest BCUT2D eigenvalue weighted by Crippen LogP contribution is -2.14. The summed E-state index contributed by atoms with van der Waals surface area (Å²) >= 11 is 9.51. The molecule has 0 bridgehead atoms. The number of aromatic nitrogens is 1. The van der Waals surface area contributed by atoms with Crippen LogP contribution in [0.2, 0.25) is 5.15 Å². The summed E-state index contributed by atoms with van der Waals surface area (Å²) in [5.74, 6) is 0. The van der Waals surface area contributed by atoms with Gasteiger partial charge in [-0.25, -0.2) is 4.98 Å². The van der Waals surface area contributed by atoms with Crippen molar-refractivity contribution in [2.24, 2.45) is 0 Å². The fraction of sp³-hybridized carbons (Fsp3) is 0.308. The number of nitrogens with zero attached hydrogens (tertiary/aromatic N) is 1. The molecule has 1 aromatic carbocycles. The van der Waals surface area contributed by atoms with Gasteiger partial charge in [0, 0.05) is 17.5 Å². The number of thiazole rings is 1. The summed E-state index contributed by atoms with van der Waals surface area (Å²) < 4.78 is 1.01. The molecule has 0 radical (unpaired) electrons. The smallest absolute Gasteiger partial charge is 0.156 e. The van der Waals surface area contributed by atoms with Gasteiger partial charge in [-0.2, -0.15) is 0 Å². The zero-order chi connectivity index (χ0) is 12.4. The zero-order valence-electron chi connectivity index (χ0n) is 9.73. The van der Waals surface area contributed by atoms with Crippen molar-refractivity contribution < 1.29 is 0 Å². The van der Waals surface area contributed by atoms with E-state index in [1.54, 1.807) is 23.1 Å². The Morgan fingerprint density at radius 2 is 2.11 bits per heavy atom. The lowest BCUT2D eigenvalue weighted by atomic mass is 10.4. The fourth-order valence-electron chi connectivity index (χ4n) is 1.58. The van der Waals surface area contributed by atoms with Gasteiger partial charge < -0.3 is 5.32 Å². The molecule has 1 fully saturated rings. The Labute approximate surface area is 120 Å². The van der Waals surface area contributed by atoms with Crippen LogP contribution in [0.15, 0.2) is 39.6 Å².